The number of rotatable bonds is 7. The van der Waals surface area contributed by atoms with Crippen LogP contribution >= 0.6 is 0 Å². The van der Waals surface area contributed by atoms with E-state index in [0.717, 1.165) is 11.1 Å². The van der Waals surface area contributed by atoms with Gasteiger partial charge in [0.25, 0.3) is 0 Å². The van der Waals surface area contributed by atoms with Gasteiger partial charge in [-0.25, -0.2) is 0 Å². The molecule has 0 aliphatic rings. The number of esters is 1. The maximum atomic E-state index is 11.7. The average molecular weight is 308 g/mol. The molecule has 1 N–H and O–H groups in total. The molecule has 0 aromatic heterocycles. The number of hydrogen-bond acceptors (Lipinski definition) is 4. The lowest BCUT2D eigenvalue weighted by Gasteiger charge is -2.21. The van der Waals surface area contributed by atoms with E-state index in [1.807, 2.05) is 31.2 Å². The van der Waals surface area contributed by atoms with Gasteiger partial charge in [-0.15, -0.1) is 0 Å². The molecule has 122 valence electrons. The smallest absolute Gasteiger partial charge is 0.309 e. The van der Waals surface area contributed by atoms with Crippen LogP contribution < -0.4 is 0 Å². The average Bonchev–Trinajstić information content (AvgIpc) is 2.35. The van der Waals surface area contributed by atoms with E-state index in [4.69, 9.17) is 9.47 Å². The van der Waals surface area contributed by atoms with Gasteiger partial charge in [-0.05, 0) is 33.3 Å². The molecule has 0 radical (unpaired) electrons. The van der Waals surface area contributed by atoms with Crippen molar-refractivity contribution < 1.29 is 24.2 Å². The first-order valence-electron chi connectivity index (χ1n) is 7.25. The zero-order valence-corrected chi connectivity index (χ0v) is 13.6. The summed E-state index contributed by atoms with van der Waals surface area (Å²) in [6, 6.07) is 7.79. The number of carbonyl (C=O) groups is 2. The van der Waals surface area contributed by atoms with Crippen LogP contribution in [0.15, 0.2) is 24.3 Å². The third-order valence-electron chi connectivity index (χ3n) is 2.85. The van der Waals surface area contributed by atoms with Crippen LogP contribution in [-0.4, -0.2) is 29.3 Å². The first kappa shape index (κ1) is 18.2. The molecular formula is C17H24O5. The third-order valence-corrected chi connectivity index (χ3v) is 2.85. The summed E-state index contributed by atoms with van der Waals surface area (Å²) in [6.45, 7) is 7.51. The summed E-state index contributed by atoms with van der Waals surface area (Å²) < 4.78 is 10.6. The molecule has 1 rings (SSSR count). The van der Waals surface area contributed by atoms with Gasteiger partial charge in [0.15, 0.2) is 0 Å². The lowest BCUT2D eigenvalue weighted by Crippen LogP contribution is -2.29. The summed E-state index contributed by atoms with van der Waals surface area (Å²) in [6.07, 6.45) is -0.194. The van der Waals surface area contributed by atoms with Gasteiger partial charge in [0.2, 0.25) is 0 Å². The van der Waals surface area contributed by atoms with E-state index >= 15 is 0 Å². The normalized spacial score (nSPS) is 12.7. The SMILES string of the molecule is Cc1cccc(COC[C@@H](CC(=O)OC(C)(C)C)C(=O)O)c1. The Morgan fingerprint density at radius 1 is 1.27 bits per heavy atom. The van der Waals surface area contributed by atoms with Crippen LogP contribution in [0.1, 0.15) is 38.3 Å². The predicted octanol–water partition coefficient (Wildman–Crippen LogP) is 2.94. The minimum atomic E-state index is -1.06. The molecule has 22 heavy (non-hydrogen) atoms. The van der Waals surface area contributed by atoms with Gasteiger partial charge >= 0.3 is 11.9 Å². The molecule has 0 amide bonds. The minimum Gasteiger partial charge on any atom is -0.481 e. The Bertz CT molecular complexity index is 516. The monoisotopic (exact) mass is 308 g/mol. The Morgan fingerprint density at radius 2 is 1.95 bits per heavy atom. The number of aliphatic carboxylic acids is 1. The fourth-order valence-corrected chi connectivity index (χ4v) is 1.92. The molecule has 0 bridgehead atoms. The van der Waals surface area contributed by atoms with Crippen LogP contribution in [0.4, 0.5) is 0 Å². The van der Waals surface area contributed by atoms with E-state index in [1.54, 1.807) is 20.8 Å². The summed E-state index contributed by atoms with van der Waals surface area (Å²) in [5.74, 6) is -2.49. The van der Waals surface area contributed by atoms with E-state index < -0.39 is 23.5 Å². The van der Waals surface area contributed by atoms with Crippen molar-refractivity contribution in [2.24, 2.45) is 5.92 Å². The van der Waals surface area contributed by atoms with Crippen LogP contribution in [0.5, 0.6) is 0 Å². The first-order valence-corrected chi connectivity index (χ1v) is 7.25. The van der Waals surface area contributed by atoms with Crippen molar-refractivity contribution >= 4 is 11.9 Å². The summed E-state index contributed by atoms with van der Waals surface area (Å²) in [4.78, 5) is 22.9. The van der Waals surface area contributed by atoms with Crippen LogP contribution in [0.25, 0.3) is 0 Å². The van der Waals surface area contributed by atoms with Crippen molar-refractivity contribution in [2.45, 2.75) is 46.3 Å². The van der Waals surface area contributed by atoms with Crippen LogP contribution in [0.3, 0.4) is 0 Å². The maximum Gasteiger partial charge on any atom is 0.309 e. The second kappa shape index (κ2) is 7.94. The van der Waals surface area contributed by atoms with Gasteiger partial charge in [0.1, 0.15) is 5.60 Å². The molecule has 0 saturated heterocycles. The molecule has 1 atom stereocenters. The minimum absolute atomic E-state index is 0.0253. The fraction of sp³-hybridized carbons (Fsp3) is 0.529. The summed E-state index contributed by atoms with van der Waals surface area (Å²) in [5, 5.41) is 9.17. The molecule has 0 spiro atoms. The zero-order chi connectivity index (χ0) is 16.8. The van der Waals surface area contributed by atoms with Crippen molar-refractivity contribution in [3.63, 3.8) is 0 Å². The van der Waals surface area contributed by atoms with Gasteiger partial charge in [-0.3, -0.25) is 9.59 Å². The second-order valence-corrected chi connectivity index (χ2v) is 6.33. The van der Waals surface area contributed by atoms with E-state index in [2.05, 4.69) is 0 Å². The molecular weight excluding hydrogens is 284 g/mol. The molecule has 5 heteroatoms. The Labute approximate surface area is 131 Å². The van der Waals surface area contributed by atoms with Gasteiger partial charge in [0.05, 0.1) is 25.6 Å². The van der Waals surface area contributed by atoms with Gasteiger partial charge in [-0.2, -0.15) is 0 Å². The lowest BCUT2D eigenvalue weighted by molar-refractivity contribution is -0.161. The van der Waals surface area contributed by atoms with Crippen LogP contribution in [-0.2, 0) is 25.7 Å². The van der Waals surface area contributed by atoms with Gasteiger partial charge < -0.3 is 14.6 Å². The second-order valence-electron chi connectivity index (χ2n) is 6.33. The lowest BCUT2D eigenvalue weighted by atomic mass is 10.1. The molecule has 5 nitrogen and oxygen atoms in total. The Hall–Kier alpha value is -1.88. The Morgan fingerprint density at radius 3 is 2.50 bits per heavy atom. The number of carboxylic acids is 1. The predicted molar refractivity (Wildman–Crippen MR) is 82.4 cm³/mol. The number of carbonyl (C=O) groups excluding carboxylic acids is 1. The molecule has 0 aliphatic heterocycles. The Balaban J connectivity index is 2.48. The van der Waals surface area contributed by atoms with Crippen molar-refractivity contribution in [1.82, 2.24) is 0 Å². The highest BCUT2D eigenvalue weighted by Crippen LogP contribution is 2.14. The van der Waals surface area contributed by atoms with Crippen molar-refractivity contribution in [2.75, 3.05) is 6.61 Å². The van der Waals surface area contributed by atoms with Crippen molar-refractivity contribution in [3.05, 3.63) is 35.4 Å². The van der Waals surface area contributed by atoms with Crippen molar-refractivity contribution in [3.8, 4) is 0 Å². The standard InChI is InChI=1S/C17H24O5/c1-12-6-5-7-13(8-12)10-21-11-14(16(19)20)9-15(18)22-17(2,3)4/h5-8,14H,9-11H2,1-4H3,(H,19,20)/t14-/m1/s1. The molecule has 0 saturated carbocycles. The molecule has 0 unspecified atom stereocenters. The summed E-state index contributed by atoms with van der Waals surface area (Å²) >= 11 is 0. The summed E-state index contributed by atoms with van der Waals surface area (Å²) in [5.41, 5.74) is 1.47. The van der Waals surface area contributed by atoms with Gasteiger partial charge in [-0.1, -0.05) is 29.8 Å². The number of hydrogen-bond donors (Lipinski definition) is 1. The first-order chi connectivity index (χ1) is 10.2. The largest absolute Gasteiger partial charge is 0.481 e. The van der Waals surface area contributed by atoms with E-state index in [1.165, 1.54) is 0 Å². The number of ether oxygens (including phenoxy) is 2. The highest BCUT2D eigenvalue weighted by Gasteiger charge is 2.25. The molecule has 1 aromatic carbocycles. The molecule has 0 aliphatic carbocycles. The van der Waals surface area contributed by atoms with Gasteiger partial charge in [0, 0.05) is 0 Å². The van der Waals surface area contributed by atoms with E-state index in [-0.39, 0.29) is 13.0 Å². The topological polar surface area (TPSA) is 72.8 Å². The number of carboxylic acid groups (broad SMARTS) is 1. The quantitative estimate of drug-likeness (QED) is 0.784. The third kappa shape index (κ3) is 7.22. The van der Waals surface area contributed by atoms with Crippen LogP contribution in [0, 0.1) is 12.8 Å². The highest BCUT2D eigenvalue weighted by molar-refractivity contribution is 5.79. The molecule has 1 aromatic rings. The van der Waals surface area contributed by atoms with Crippen LogP contribution in [0.2, 0.25) is 0 Å². The number of benzene rings is 1. The summed E-state index contributed by atoms with van der Waals surface area (Å²) in [7, 11) is 0. The Kier molecular flexibility index (Phi) is 6.56. The van der Waals surface area contributed by atoms with Crippen molar-refractivity contribution in [1.29, 1.82) is 0 Å². The zero-order valence-electron chi connectivity index (χ0n) is 13.6. The van der Waals surface area contributed by atoms with E-state index in [0.29, 0.717) is 6.61 Å². The van der Waals surface area contributed by atoms with E-state index in [9.17, 15) is 14.7 Å². The highest BCUT2D eigenvalue weighted by atomic mass is 16.6. The molecule has 0 fully saturated rings. The maximum absolute atomic E-state index is 11.7. The fourth-order valence-electron chi connectivity index (χ4n) is 1.92. The molecule has 0 heterocycles. The number of aryl methyl sites for hydroxylation is 1.